The molecule has 0 spiro atoms. The van der Waals surface area contributed by atoms with Crippen molar-refractivity contribution in [3.63, 3.8) is 0 Å². The standard InChI is InChI=1S/C13H19N5O/c14-5-10-19-11-2-7-17(8-3-11)12-4-9-18-13(16-12)1-6-15-18/h1,4,6,9,11H,2-3,5,7-8,10,14H2. The van der Waals surface area contributed by atoms with Gasteiger partial charge in [0.2, 0.25) is 0 Å². The second kappa shape index (κ2) is 5.54. The van der Waals surface area contributed by atoms with E-state index in [0.717, 1.165) is 37.4 Å². The molecule has 102 valence electrons. The van der Waals surface area contributed by atoms with Crippen LogP contribution < -0.4 is 10.6 Å². The lowest BCUT2D eigenvalue weighted by Crippen LogP contribution is -2.38. The molecule has 6 nitrogen and oxygen atoms in total. The largest absolute Gasteiger partial charge is 0.377 e. The number of fused-ring (bicyclic) bond motifs is 1. The van der Waals surface area contributed by atoms with Crippen LogP contribution in [0.5, 0.6) is 0 Å². The second-order valence-corrected chi connectivity index (χ2v) is 4.77. The first-order valence-corrected chi connectivity index (χ1v) is 6.74. The van der Waals surface area contributed by atoms with Gasteiger partial charge < -0.3 is 15.4 Å². The minimum atomic E-state index is 0.346. The van der Waals surface area contributed by atoms with Gasteiger partial charge in [0.25, 0.3) is 0 Å². The van der Waals surface area contributed by atoms with Crippen LogP contribution in [0.4, 0.5) is 5.82 Å². The summed E-state index contributed by atoms with van der Waals surface area (Å²) in [4.78, 5) is 6.91. The van der Waals surface area contributed by atoms with Gasteiger partial charge in [0.15, 0.2) is 5.65 Å². The molecule has 2 aromatic heterocycles. The second-order valence-electron chi connectivity index (χ2n) is 4.77. The zero-order valence-electron chi connectivity index (χ0n) is 10.9. The van der Waals surface area contributed by atoms with Crippen molar-refractivity contribution in [3.8, 4) is 0 Å². The van der Waals surface area contributed by atoms with Gasteiger partial charge in [-0.25, -0.2) is 9.50 Å². The molecule has 0 aliphatic carbocycles. The van der Waals surface area contributed by atoms with Crippen LogP contribution in [-0.4, -0.2) is 46.9 Å². The number of hydrogen-bond donors (Lipinski definition) is 1. The van der Waals surface area contributed by atoms with E-state index < -0.39 is 0 Å². The average molecular weight is 261 g/mol. The SMILES string of the molecule is NCCOC1CCN(c2ccn3nccc3n2)CC1. The van der Waals surface area contributed by atoms with Gasteiger partial charge in [0, 0.05) is 31.9 Å². The maximum Gasteiger partial charge on any atom is 0.157 e. The topological polar surface area (TPSA) is 68.7 Å². The maximum atomic E-state index is 5.69. The number of rotatable bonds is 4. The molecule has 1 aliphatic rings. The highest BCUT2D eigenvalue weighted by molar-refractivity contribution is 5.47. The first-order valence-electron chi connectivity index (χ1n) is 6.74. The summed E-state index contributed by atoms with van der Waals surface area (Å²) in [7, 11) is 0. The molecule has 3 rings (SSSR count). The van der Waals surface area contributed by atoms with E-state index in [1.54, 1.807) is 10.7 Å². The molecule has 6 heteroatoms. The first-order chi connectivity index (χ1) is 9.36. The highest BCUT2D eigenvalue weighted by atomic mass is 16.5. The Hall–Kier alpha value is -1.66. The lowest BCUT2D eigenvalue weighted by atomic mass is 10.1. The zero-order chi connectivity index (χ0) is 13.1. The lowest BCUT2D eigenvalue weighted by molar-refractivity contribution is 0.0421. The highest BCUT2D eigenvalue weighted by Gasteiger charge is 2.20. The number of hydrogen-bond acceptors (Lipinski definition) is 5. The molecular weight excluding hydrogens is 242 g/mol. The summed E-state index contributed by atoms with van der Waals surface area (Å²) in [5.74, 6) is 1.02. The van der Waals surface area contributed by atoms with E-state index in [4.69, 9.17) is 10.5 Å². The molecule has 0 bridgehead atoms. The fourth-order valence-electron chi connectivity index (χ4n) is 2.46. The van der Waals surface area contributed by atoms with Gasteiger partial charge in [-0.1, -0.05) is 0 Å². The Morgan fingerprint density at radius 1 is 1.32 bits per heavy atom. The predicted octanol–water partition coefficient (Wildman–Crippen LogP) is 0.673. The van der Waals surface area contributed by atoms with Gasteiger partial charge in [-0.15, -0.1) is 0 Å². The molecule has 1 saturated heterocycles. The molecular formula is C13H19N5O. The highest BCUT2D eigenvalue weighted by Crippen LogP contribution is 2.19. The third-order valence-corrected chi connectivity index (χ3v) is 3.48. The van der Waals surface area contributed by atoms with Crippen LogP contribution in [-0.2, 0) is 4.74 Å². The molecule has 2 N–H and O–H groups in total. The monoisotopic (exact) mass is 261 g/mol. The van der Waals surface area contributed by atoms with E-state index in [1.165, 1.54) is 0 Å². The zero-order valence-corrected chi connectivity index (χ0v) is 10.9. The van der Waals surface area contributed by atoms with Gasteiger partial charge in [0.05, 0.1) is 18.9 Å². The van der Waals surface area contributed by atoms with Crippen molar-refractivity contribution in [3.05, 3.63) is 24.5 Å². The van der Waals surface area contributed by atoms with Crippen molar-refractivity contribution in [1.29, 1.82) is 0 Å². The average Bonchev–Trinajstić information content (AvgIpc) is 2.93. The molecule has 1 aliphatic heterocycles. The van der Waals surface area contributed by atoms with E-state index in [0.29, 0.717) is 19.3 Å². The Bertz CT molecular complexity index is 533. The van der Waals surface area contributed by atoms with E-state index in [1.807, 2.05) is 18.3 Å². The number of nitrogens with two attached hydrogens (primary N) is 1. The van der Waals surface area contributed by atoms with Crippen molar-refractivity contribution in [2.75, 3.05) is 31.1 Å². The normalized spacial score (nSPS) is 17.2. The van der Waals surface area contributed by atoms with E-state index in [-0.39, 0.29) is 0 Å². The Morgan fingerprint density at radius 2 is 2.16 bits per heavy atom. The summed E-state index contributed by atoms with van der Waals surface area (Å²) < 4.78 is 7.47. The summed E-state index contributed by atoms with van der Waals surface area (Å²) in [6.45, 7) is 3.21. The molecule has 0 radical (unpaired) electrons. The van der Waals surface area contributed by atoms with E-state index >= 15 is 0 Å². The fourth-order valence-corrected chi connectivity index (χ4v) is 2.46. The van der Waals surface area contributed by atoms with Crippen LogP contribution in [0, 0.1) is 0 Å². The minimum absolute atomic E-state index is 0.346. The molecule has 3 heterocycles. The van der Waals surface area contributed by atoms with Gasteiger partial charge in [-0.3, -0.25) is 0 Å². The summed E-state index contributed by atoms with van der Waals surface area (Å²) in [5, 5.41) is 4.15. The summed E-state index contributed by atoms with van der Waals surface area (Å²) in [5.41, 5.74) is 6.34. The fraction of sp³-hybridized carbons (Fsp3) is 0.538. The molecule has 2 aromatic rings. The van der Waals surface area contributed by atoms with Crippen LogP contribution in [0.15, 0.2) is 24.5 Å². The number of aromatic nitrogens is 3. The van der Waals surface area contributed by atoms with E-state index in [2.05, 4.69) is 15.0 Å². The number of ether oxygens (including phenoxy) is 1. The summed E-state index contributed by atoms with van der Waals surface area (Å²) >= 11 is 0. The summed E-state index contributed by atoms with van der Waals surface area (Å²) in [6.07, 6.45) is 6.13. The smallest absolute Gasteiger partial charge is 0.157 e. The predicted molar refractivity (Wildman–Crippen MR) is 73.2 cm³/mol. The lowest BCUT2D eigenvalue weighted by Gasteiger charge is -2.32. The van der Waals surface area contributed by atoms with Crippen molar-refractivity contribution >= 4 is 11.5 Å². The summed E-state index contributed by atoms with van der Waals surface area (Å²) in [6, 6.07) is 3.93. The quantitative estimate of drug-likeness (QED) is 0.876. The Balaban J connectivity index is 1.64. The van der Waals surface area contributed by atoms with Crippen LogP contribution in [0.1, 0.15) is 12.8 Å². The van der Waals surface area contributed by atoms with Crippen LogP contribution >= 0.6 is 0 Å². The number of nitrogens with zero attached hydrogens (tertiary/aromatic N) is 4. The van der Waals surface area contributed by atoms with E-state index in [9.17, 15) is 0 Å². The van der Waals surface area contributed by atoms with Gasteiger partial charge >= 0.3 is 0 Å². The molecule has 0 aromatic carbocycles. The van der Waals surface area contributed by atoms with Crippen molar-refractivity contribution in [1.82, 2.24) is 14.6 Å². The maximum absolute atomic E-state index is 5.69. The van der Waals surface area contributed by atoms with Crippen LogP contribution in [0.25, 0.3) is 5.65 Å². The van der Waals surface area contributed by atoms with Gasteiger partial charge in [0.1, 0.15) is 5.82 Å². The Kier molecular flexibility index (Phi) is 3.61. The first kappa shape index (κ1) is 12.4. The molecule has 0 amide bonds. The van der Waals surface area contributed by atoms with Gasteiger partial charge in [-0.05, 0) is 18.9 Å². The number of piperidine rings is 1. The Morgan fingerprint density at radius 3 is 2.95 bits per heavy atom. The van der Waals surface area contributed by atoms with Crippen molar-refractivity contribution < 1.29 is 4.74 Å². The molecule has 0 unspecified atom stereocenters. The number of anilines is 1. The Labute approximate surface area is 112 Å². The molecule has 0 saturated carbocycles. The molecule has 0 atom stereocenters. The molecule has 19 heavy (non-hydrogen) atoms. The van der Waals surface area contributed by atoms with Crippen molar-refractivity contribution in [2.45, 2.75) is 18.9 Å². The van der Waals surface area contributed by atoms with Crippen LogP contribution in [0.3, 0.4) is 0 Å². The third-order valence-electron chi connectivity index (χ3n) is 3.48. The minimum Gasteiger partial charge on any atom is -0.377 e. The molecule has 1 fully saturated rings. The van der Waals surface area contributed by atoms with Crippen molar-refractivity contribution in [2.24, 2.45) is 5.73 Å². The van der Waals surface area contributed by atoms with Gasteiger partial charge in [-0.2, -0.15) is 5.10 Å². The third kappa shape index (κ3) is 2.69. The van der Waals surface area contributed by atoms with Crippen LogP contribution in [0.2, 0.25) is 0 Å².